The first-order chi connectivity index (χ1) is 15.3. The molecule has 0 saturated heterocycles. The highest BCUT2D eigenvalue weighted by atomic mass is 19.1. The van der Waals surface area contributed by atoms with Crippen LogP contribution in [0.25, 0.3) is 0 Å². The lowest BCUT2D eigenvalue weighted by molar-refractivity contribution is -0.385. The van der Waals surface area contributed by atoms with E-state index in [4.69, 9.17) is 0 Å². The third-order valence-corrected chi connectivity index (χ3v) is 6.13. The normalized spacial score (nSPS) is 17.6. The van der Waals surface area contributed by atoms with Gasteiger partial charge in [0.05, 0.1) is 21.9 Å². The number of nitro benzene ring substituents is 2. The average Bonchev–Trinajstić information content (AvgIpc) is 3.37. The van der Waals surface area contributed by atoms with Gasteiger partial charge in [-0.15, -0.1) is 0 Å². The summed E-state index contributed by atoms with van der Waals surface area (Å²) in [5, 5.41) is 22.0. The van der Waals surface area contributed by atoms with Gasteiger partial charge >= 0.3 is 0 Å². The Morgan fingerprint density at radius 2 is 1.16 bits per heavy atom. The minimum atomic E-state index is -1.19. The zero-order chi connectivity index (χ0) is 23.0. The second-order valence-corrected chi connectivity index (χ2v) is 7.97. The molecular weight excluding hydrogens is 426 g/mol. The molecule has 32 heavy (non-hydrogen) atoms. The molecule has 0 N–H and O–H groups in total. The van der Waals surface area contributed by atoms with Crippen LogP contribution in [0.3, 0.4) is 0 Å². The molecule has 11 heteroatoms. The fraction of sp³-hybridized carbons (Fsp3) is 0.381. The van der Waals surface area contributed by atoms with Gasteiger partial charge in [0.2, 0.25) is 0 Å². The van der Waals surface area contributed by atoms with Crippen molar-refractivity contribution in [1.82, 2.24) is 9.80 Å². The van der Waals surface area contributed by atoms with Crippen LogP contribution in [0.2, 0.25) is 0 Å². The highest BCUT2D eigenvalue weighted by Gasteiger charge is 2.39. The molecule has 2 aromatic rings. The van der Waals surface area contributed by atoms with Crippen molar-refractivity contribution in [2.45, 2.75) is 38.3 Å². The highest BCUT2D eigenvalue weighted by molar-refractivity contribution is 5.89. The third kappa shape index (κ3) is 3.96. The summed E-state index contributed by atoms with van der Waals surface area (Å²) >= 11 is 0. The first-order valence-corrected chi connectivity index (χ1v) is 9.98. The third-order valence-electron chi connectivity index (χ3n) is 6.13. The number of hydrogen-bond donors (Lipinski definition) is 0. The first kappa shape index (κ1) is 21.9. The van der Waals surface area contributed by atoms with Gasteiger partial charge in [0.1, 0.15) is 13.3 Å². The standard InChI is InChI=1S/C21H20F2N4O5/c22-7-19(24-9-13-1-3-17(26(29)30)5-15(13)11-24)21(28)20(8-23)25-10-14-2-4-18(27(31)32)6-16(14)12-25/h1-6,19-20H,7-12H2. The average molecular weight is 446 g/mol. The van der Waals surface area contributed by atoms with Gasteiger partial charge < -0.3 is 0 Å². The van der Waals surface area contributed by atoms with Crippen LogP contribution in [0.15, 0.2) is 36.4 Å². The lowest BCUT2D eigenvalue weighted by atomic mass is 10.0. The number of alkyl halides is 2. The van der Waals surface area contributed by atoms with Crippen LogP contribution in [0, 0.1) is 20.2 Å². The minimum Gasteiger partial charge on any atom is -0.296 e. The van der Waals surface area contributed by atoms with Crippen LogP contribution < -0.4 is 0 Å². The lowest BCUT2D eigenvalue weighted by Gasteiger charge is -2.30. The van der Waals surface area contributed by atoms with Crippen molar-refractivity contribution in [2.75, 3.05) is 13.3 Å². The SMILES string of the molecule is O=C(C(CF)N1Cc2ccc([N+](=O)[O-])cc2C1)C(CF)N1Cc2ccc([N+](=O)[O-])cc2C1. The van der Waals surface area contributed by atoms with Crippen LogP contribution >= 0.6 is 0 Å². The van der Waals surface area contributed by atoms with E-state index in [9.17, 15) is 33.8 Å². The van der Waals surface area contributed by atoms with Crippen molar-refractivity contribution >= 4 is 17.2 Å². The summed E-state index contributed by atoms with van der Waals surface area (Å²) in [7, 11) is 0. The second kappa shape index (κ2) is 8.67. The van der Waals surface area contributed by atoms with Crippen molar-refractivity contribution < 1.29 is 23.4 Å². The minimum absolute atomic E-state index is 0.0840. The number of rotatable bonds is 8. The maximum Gasteiger partial charge on any atom is 0.269 e. The van der Waals surface area contributed by atoms with E-state index in [0.29, 0.717) is 11.1 Å². The molecular formula is C21H20F2N4O5. The molecule has 0 amide bonds. The van der Waals surface area contributed by atoms with E-state index in [1.807, 2.05) is 0 Å². The summed E-state index contributed by atoms with van der Waals surface area (Å²) in [6, 6.07) is 6.32. The number of carbonyl (C=O) groups is 1. The summed E-state index contributed by atoms with van der Waals surface area (Å²) in [4.78, 5) is 37.2. The van der Waals surface area contributed by atoms with Gasteiger partial charge in [0.15, 0.2) is 5.78 Å². The Morgan fingerprint density at radius 1 is 0.781 bits per heavy atom. The summed E-state index contributed by atoms with van der Waals surface area (Å²) in [6.07, 6.45) is 0. The Balaban J connectivity index is 1.50. The van der Waals surface area contributed by atoms with Crippen LogP contribution in [-0.4, -0.2) is 50.9 Å². The van der Waals surface area contributed by atoms with Crippen molar-refractivity contribution in [3.05, 3.63) is 78.9 Å². The number of ketones is 1. The number of fused-ring (bicyclic) bond motifs is 2. The van der Waals surface area contributed by atoms with E-state index in [1.54, 1.807) is 21.9 Å². The fourth-order valence-electron chi connectivity index (χ4n) is 4.41. The molecule has 0 radical (unpaired) electrons. The maximum atomic E-state index is 14.0. The molecule has 0 aromatic heterocycles. The number of Topliss-reactive ketones (excluding diaryl/α,β-unsaturated/α-hetero) is 1. The largest absolute Gasteiger partial charge is 0.296 e. The van der Waals surface area contributed by atoms with Gasteiger partial charge in [-0.2, -0.15) is 0 Å². The molecule has 0 bridgehead atoms. The Morgan fingerprint density at radius 3 is 1.50 bits per heavy atom. The summed E-state index contributed by atoms with van der Waals surface area (Å²) < 4.78 is 28.0. The van der Waals surface area contributed by atoms with Crippen molar-refractivity contribution in [2.24, 2.45) is 0 Å². The zero-order valence-electron chi connectivity index (χ0n) is 16.9. The molecule has 2 unspecified atom stereocenters. The molecule has 2 aliphatic heterocycles. The number of benzene rings is 2. The van der Waals surface area contributed by atoms with Crippen LogP contribution in [0.1, 0.15) is 22.3 Å². The van der Waals surface area contributed by atoms with Crippen LogP contribution in [0.4, 0.5) is 20.2 Å². The Labute approximate surface area is 181 Å². The quantitative estimate of drug-likeness (QED) is 0.453. The van der Waals surface area contributed by atoms with E-state index in [1.165, 1.54) is 24.3 Å². The molecule has 0 saturated carbocycles. The van der Waals surface area contributed by atoms with Gasteiger partial charge in [-0.3, -0.25) is 34.8 Å². The molecule has 2 heterocycles. The van der Waals surface area contributed by atoms with E-state index in [0.717, 1.165) is 11.1 Å². The summed E-state index contributed by atoms with van der Waals surface area (Å²) in [6.45, 7) is -1.25. The first-order valence-electron chi connectivity index (χ1n) is 9.98. The monoisotopic (exact) mass is 446 g/mol. The molecule has 2 atom stereocenters. The summed E-state index contributed by atoms with van der Waals surface area (Å²) in [5.41, 5.74) is 2.64. The number of non-ortho nitro benzene ring substituents is 2. The predicted molar refractivity (Wildman–Crippen MR) is 109 cm³/mol. The molecule has 0 spiro atoms. The lowest BCUT2D eigenvalue weighted by Crippen LogP contribution is -2.50. The zero-order valence-corrected chi connectivity index (χ0v) is 16.9. The van der Waals surface area contributed by atoms with Gasteiger partial charge in [-0.25, -0.2) is 8.78 Å². The predicted octanol–water partition coefficient (Wildman–Crippen LogP) is 3.08. The van der Waals surface area contributed by atoms with Crippen LogP contribution in [0.5, 0.6) is 0 Å². The number of nitrogens with zero attached hydrogens (tertiary/aromatic N) is 4. The second-order valence-electron chi connectivity index (χ2n) is 7.97. The van der Waals surface area contributed by atoms with E-state index < -0.39 is 41.1 Å². The number of hydrogen-bond acceptors (Lipinski definition) is 7. The van der Waals surface area contributed by atoms with Gasteiger partial charge in [-0.05, 0) is 22.3 Å². The van der Waals surface area contributed by atoms with Crippen molar-refractivity contribution in [3.63, 3.8) is 0 Å². The van der Waals surface area contributed by atoms with Crippen LogP contribution in [-0.2, 0) is 31.0 Å². The number of carbonyl (C=O) groups excluding carboxylic acids is 1. The summed E-state index contributed by atoms with van der Waals surface area (Å²) in [5.74, 6) is -0.611. The number of nitro groups is 2. The topological polar surface area (TPSA) is 110 Å². The molecule has 4 rings (SSSR count). The van der Waals surface area contributed by atoms with Gasteiger partial charge in [0, 0.05) is 50.4 Å². The number of halogens is 2. The molecule has 2 aromatic carbocycles. The Kier molecular flexibility index (Phi) is 5.94. The molecule has 2 aliphatic rings. The molecule has 168 valence electrons. The Hall–Kier alpha value is -3.31. The molecule has 0 fully saturated rings. The fourth-order valence-corrected chi connectivity index (χ4v) is 4.41. The molecule has 0 aliphatic carbocycles. The van der Waals surface area contributed by atoms with E-state index in [2.05, 4.69) is 0 Å². The molecule has 9 nitrogen and oxygen atoms in total. The van der Waals surface area contributed by atoms with E-state index in [-0.39, 0.29) is 37.6 Å². The highest BCUT2D eigenvalue weighted by Crippen LogP contribution is 2.31. The van der Waals surface area contributed by atoms with E-state index >= 15 is 0 Å². The van der Waals surface area contributed by atoms with Gasteiger partial charge in [-0.1, -0.05) is 12.1 Å². The van der Waals surface area contributed by atoms with Crippen molar-refractivity contribution in [1.29, 1.82) is 0 Å². The smallest absolute Gasteiger partial charge is 0.269 e. The van der Waals surface area contributed by atoms with Gasteiger partial charge in [0.25, 0.3) is 11.4 Å². The Bertz CT molecular complexity index is 1010. The van der Waals surface area contributed by atoms with Crippen molar-refractivity contribution in [3.8, 4) is 0 Å². The maximum absolute atomic E-state index is 14.0.